The first kappa shape index (κ1) is 17.7. The summed E-state index contributed by atoms with van der Waals surface area (Å²) in [5.74, 6) is 1.99. The van der Waals surface area contributed by atoms with Gasteiger partial charge in [-0.3, -0.25) is 0 Å². The molecule has 1 N–H and O–H groups in total. The molecule has 2 fully saturated rings. The molecule has 1 aromatic rings. The topological polar surface area (TPSA) is 20.2 Å². The minimum atomic E-state index is -0.163. The molecule has 0 bridgehead atoms. The molecule has 0 amide bonds. The average molecular weight is 367 g/mol. The number of fused-ring (bicyclic) bond motifs is 5. The van der Waals surface area contributed by atoms with Gasteiger partial charge in [0.15, 0.2) is 0 Å². The maximum atomic E-state index is 13.3. The number of aliphatic hydroxyl groups excluding tert-OH is 1. The van der Waals surface area contributed by atoms with Crippen LogP contribution in [0.25, 0.3) is 5.57 Å². The Hall–Kier alpha value is -1.41. The van der Waals surface area contributed by atoms with E-state index < -0.39 is 0 Å². The lowest BCUT2D eigenvalue weighted by Gasteiger charge is -2.56. The van der Waals surface area contributed by atoms with E-state index in [-0.39, 0.29) is 22.8 Å². The van der Waals surface area contributed by atoms with Gasteiger partial charge < -0.3 is 5.11 Å². The molecule has 2 heteroatoms. The van der Waals surface area contributed by atoms with Crippen LogP contribution in [-0.4, -0.2) is 11.2 Å². The Balaban J connectivity index is 1.48. The highest BCUT2D eigenvalue weighted by molar-refractivity contribution is 5.70. The van der Waals surface area contributed by atoms with Crippen LogP contribution in [0.15, 0.2) is 42.0 Å². The molecule has 1 nitrogen and oxygen atoms in total. The second kappa shape index (κ2) is 6.04. The monoisotopic (exact) mass is 366 g/mol. The van der Waals surface area contributed by atoms with E-state index in [1.54, 1.807) is 12.1 Å². The molecule has 0 heterocycles. The van der Waals surface area contributed by atoms with Crippen molar-refractivity contribution in [3.63, 3.8) is 0 Å². The van der Waals surface area contributed by atoms with E-state index >= 15 is 0 Å². The van der Waals surface area contributed by atoms with E-state index in [1.165, 1.54) is 36.8 Å². The molecule has 5 rings (SSSR count). The van der Waals surface area contributed by atoms with Crippen molar-refractivity contribution in [2.45, 2.75) is 64.9 Å². The van der Waals surface area contributed by atoms with Crippen molar-refractivity contribution in [1.82, 2.24) is 0 Å². The molecule has 6 atom stereocenters. The summed E-state index contributed by atoms with van der Waals surface area (Å²) in [6.07, 6.45) is 12.9. The van der Waals surface area contributed by atoms with Gasteiger partial charge in [0.25, 0.3) is 0 Å². The van der Waals surface area contributed by atoms with Crippen LogP contribution in [0, 0.1) is 34.4 Å². The fourth-order valence-electron chi connectivity index (χ4n) is 7.19. The van der Waals surface area contributed by atoms with E-state index in [0.717, 1.165) is 36.7 Å². The number of hydrogen-bond donors (Lipinski definition) is 1. The average Bonchev–Trinajstić information content (AvgIpc) is 2.97. The molecule has 0 aromatic heterocycles. The van der Waals surface area contributed by atoms with Gasteiger partial charge in [0, 0.05) is 0 Å². The second-order valence-electron chi connectivity index (χ2n) is 10.0. The molecule has 0 saturated heterocycles. The van der Waals surface area contributed by atoms with Gasteiger partial charge in [-0.25, -0.2) is 4.39 Å². The molecular formula is C25H31FO. The van der Waals surface area contributed by atoms with Crippen molar-refractivity contribution < 1.29 is 9.50 Å². The third-order valence-electron chi connectivity index (χ3n) is 8.93. The van der Waals surface area contributed by atoms with Gasteiger partial charge in [0.2, 0.25) is 0 Å². The van der Waals surface area contributed by atoms with Crippen molar-refractivity contribution in [3.05, 3.63) is 53.4 Å². The summed E-state index contributed by atoms with van der Waals surface area (Å²) in [6.45, 7) is 4.84. The second-order valence-corrected chi connectivity index (χ2v) is 10.0. The molecular weight excluding hydrogens is 335 g/mol. The summed E-state index contributed by atoms with van der Waals surface area (Å²) in [4.78, 5) is 0. The maximum Gasteiger partial charge on any atom is 0.123 e. The van der Waals surface area contributed by atoms with Crippen molar-refractivity contribution in [3.8, 4) is 0 Å². The van der Waals surface area contributed by atoms with Gasteiger partial charge in [-0.15, -0.1) is 0 Å². The number of allylic oxidation sites excluding steroid dienone is 4. The molecule has 2 saturated carbocycles. The lowest BCUT2D eigenvalue weighted by molar-refractivity contribution is -0.0622. The lowest BCUT2D eigenvalue weighted by atomic mass is 9.48. The van der Waals surface area contributed by atoms with Gasteiger partial charge in [0.05, 0.1) is 6.10 Å². The Morgan fingerprint density at radius 2 is 1.78 bits per heavy atom. The summed E-state index contributed by atoms with van der Waals surface area (Å²) in [7, 11) is 0. The molecule has 4 aliphatic rings. The summed E-state index contributed by atoms with van der Waals surface area (Å²) >= 11 is 0. The zero-order valence-corrected chi connectivity index (χ0v) is 16.5. The van der Waals surface area contributed by atoms with Crippen LogP contribution in [0.1, 0.15) is 64.4 Å². The largest absolute Gasteiger partial charge is 0.393 e. The highest BCUT2D eigenvalue weighted by Crippen LogP contribution is 2.64. The summed E-state index contributed by atoms with van der Waals surface area (Å²) < 4.78 is 13.3. The number of rotatable bonds is 1. The minimum Gasteiger partial charge on any atom is -0.393 e. The normalized spacial score (nSPS) is 43.3. The molecule has 0 spiro atoms. The molecule has 1 aromatic carbocycles. The summed E-state index contributed by atoms with van der Waals surface area (Å²) in [5, 5.41) is 10.6. The third-order valence-corrected chi connectivity index (χ3v) is 8.93. The maximum absolute atomic E-state index is 13.3. The molecule has 0 radical (unpaired) electrons. The van der Waals surface area contributed by atoms with Gasteiger partial charge in [-0.2, -0.15) is 0 Å². The van der Waals surface area contributed by atoms with Gasteiger partial charge in [-0.05, 0) is 102 Å². The van der Waals surface area contributed by atoms with Crippen LogP contribution in [0.4, 0.5) is 4.39 Å². The van der Waals surface area contributed by atoms with Crippen LogP contribution in [0.3, 0.4) is 0 Å². The smallest absolute Gasteiger partial charge is 0.123 e. The van der Waals surface area contributed by atoms with Gasteiger partial charge in [-0.1, -0.05) is 38.1 Å². The first-order valence-electron chi connectivity index (χ1n) is 10.8. The van der Waals surface area contributed by atoms with E-state index in [1.807, 2.05) is 12.1 Å². The Labute approximate surface area is 162 Å². The molecule has 144 valence electrons. The molecule has 0 unspecified atom stereocenters. The Morgan fingerprint density at radius 1 is 1.00 bits per heavy atom. The number of benzene rings is 1. The third kappa shape index (κ3) is 2.52. The standard InChI is InChI=1S/C25H31FO/c1-24-13-11-17(16-3-6-19(26)7-4-16)15-18(24)5-8-20-21-9-10-23(27)25(21,2)14-12-22(20)24/h3-7,15,20-23,27H,8-14H2,1-2H3/t20-,21-,22-,23-,24-,25-/m0/s1. The van der Waals surface area contributed by atoms with Gasteiger partial charge >= 0.3 is 0 Å². The van der Waals surface area contributed by atoms with Crippen LogP contribution >= 0.6 is 0 Å². The Kier molecular flexibility index (Phi) is 3.95. The fraction of sp³-hybridized carbons (Fsp3) is 0.600. The first-order chi connectivity index (χ1) is 12.9. The zero-order chi connectivity index (χ0) is 18.8. The van der Waals surface area contributed by atoms with Crippen LogP contribution in [0.2, 0.25) is 0 Å². The summed E-state index contributed by atoms with van der Waals surface area (Å²) in [6, 6.07) is 6.98. The van der Waals surface area contributed by atoms with Crippen molar-refractivity contribution in [2.24, 2.45) is 28.6 Å². The Bertz CT molecular complexity index is 806. The summed E-state index contributed by atoms with van der Waals surface area (Å²) in [5.41, 5.74) is 4.44. The van der Waals surface area contributed by atoms with Crippen molar-refractivity contribution >= 4 is 5.57 Å². The fourth-order valence-corrected chi connectivity index (χ4v) is 7.19. The highest BCUT2D eigenvalue weighted by Gasteiger charge is 2.57. The van der Waals surface area contributed by atoms with E-state index in [2.05, 4.69) is 26.0 Å². The highest BCUT2D eigenvalue weighted by atomic mass is 19.1. The number of hydrogen-bond acceptors (Lipinski definition) is 1. The number of halogens is 1. The van der Waals surface area contributed by atoms with Crippen LogP contribution in [0.5, 0.6) is 0 Å². The first-order valence-corrected chi connectivity index (χ1v) is 10.8. The van der Waals surface area contributed by atoms with Gasteiger partial charge in [0.1, 0.15) is 5.82 Å². The predicted molar refractivity (Wildman–Crippen MR) is 107 cm³/mol. The van der Waals surface area contributed by atoms with Crippen LogP contribution < -0.4 is 0 Å². The van der Waals surface area contributed by atoms with E-state index in [9.17, 15) is 9.50 Å². The lowest BCUT2D eigenvalue weighted by Crippen LogP contribution is -2.50. The number of aliphatic hydroxyl groups is 1. The Morgan fingerprint density at radius 3 is 2.56 bits per heavy atom. The minimum absolute atomic E-state index is 0.0991. The molecule has 27 heavy (non-hydrogen) atoms. The van der Waals surface area contributed by atoms with Crippen LogP contribution in [-0.2, 0) is 0 Å². The zero-order valence-electron chi connectivity index (χ0n) is 16.5. The van der Waals surface area contributed by atoms with Crippen molar-refractivity contribution in [1.29, 1.82) is 0 Å². The predicted octanol–water partition coefficient (Wildman–Crippen LogP) is 6.14. The SMILES string of the molecule is C[C@]12CC[C@H]3[C@@H](CC=C4C=C(c5ccc(F)cc5)CC[C@@]43C)[C@@H]1CC[C@@H]2O. The van der Waals surface area contributed by atoms with E-state index in [0.29, 0.717) is 5.92 Å². The molecule has 4 aliphatic carbocycles. The van der Waals surface area contributed by atoms with Crippen molar-refractivity contribution in [2.75, 3.05) is 0 Å². The quantitative estimate of drug-likeness (QED) is 0.633. The van der Waals surface area contributed by atoms with E-state index in [4.69, 9.17) is 0 Å². The molecule has 0 aliphatic heterocycles.